The Kier molecular flexibility index (Phi) is 14.0. The van der Waals surface area contributed by atoms with Gasteiger partial charge in [-0.2, -0.15) is 0 Å². The van der Waals surface area contributed by atoms with Gasteiger partial charge in [0.15, 0.2) is 38.7 Å². The van der Waals surface area contributed by atoms with Gasteiger partial charge in [0.1, 0.15) is 36.6 Å². The second-order valence-corrected chi connectivity index (χ2v) is 22.3. The Morgan fingerprint density at radius 1 is 0.794 bits per heavy atom. The number of ether oxygens (including phenoxy) is 3. The highest BCUT2D eigenvalue weighted by Crippen LogP contribution is 2.60. The number of nitrogens with zero attached hydrogens (tertiary/aromatic N) is 4. The van der Waals surface area contributed by atoms with Gasteiger partial charge < -0.3 is 80.5 Å². The van der Waals surface area contributed by atoms with E-state index in [0.717, 1.165) is 5.56 Å². The van der Waals surface area contributed by atoms with Crippen molar-refractivity contribution < 1.29 is 79.3 Å². The van der Waals surface area contributed by atoms with Crippen LogP contribution in [0.3, 0.4) is 0 Å². The van der Waals surface area contributed by atoms with Crippen LogP contribution in [0.2, 0.25) is 18.6 Å². The molecule has 1 spiro atoms. The lowest BCUT2D eigenvalue weighted by Gasteiger charge is -2.37. The number of aliphatic hydroxyl groups excluding tert-OH is 9. The lowest BCUT2D eigenvalue weighted by atomic mass is 9.82. The highest BCUT2D eigenvalue weighted by atomic mass is 28.4. The maximum atomic E-state index is 15.3. The molecule has 8 rings (SSSR count). The largest absolute Gasteiger partial charge is 0.432 e. The minimum Gasteiger partial charge on any atom is -0.432 e. The predicted molar refractivity (Wildman–Crippen MR) is 238 cm³/mol. The summed E-state index contributed by atoms with van der Waals surface area (Å²) >= 11 is 0. The third-order valence-corrected chi connectivity index (χ3v) is 16.0. The number of aryl methyl sites for hydroxylation is 1. The number of amides is 3. The lowest BCUT2D eigenvalue weighted by molar-refractivity contribution is -0.274. The molecule has 3 saturated heterocycles. The van der Waals surface area contributed by atoms with Gasteiger partial charge in [0, 0.05) is 41.1 Å². The van der Waals surface area contributed by atoms with Crippen LogP contribution in [0.4, 0.5) is 17.1 Å². The zero-order valence-electron chi connectivity index (χ0n) is 37.1. The lowest BCUT2D eigenvalue weighted by Crippen LogP contribution is -2.60. The van der Waals surface area contributed by atoms with E-state index < -0.39 is 117 Å². The molecular formula is C45H56N6O16Si. The zero-order chi connectivity index (χ0) is 49.0. The smallest absolute Gasteiger partial charge is 0.264 e. The van der Waals surface area contributed by atoms with E-state index in [0.29, 0.717) is 22.5 Å². The van der Waals surface area contributed by atoms with Crippen LogP contribution >= 0.6 is 0 Å². The fourth-order valence-corrected chi connectivity index (χ4v) is 12.5. The summed E-state index contributed by atoms with van der Waals surface area (Å²) in [6.45, 7) is 5.39. The van der Waals surface area contributed by atoms with E-state index in [4.69, 9.17) is 14.2 Å². The van der Waals surface area contributed by atoms with Crippen molar-refractivity contribution in [3.05, 3.63) is 101 Å². The molecule has 3 fully saturated rings. The number of carbonyl (C=O) groups is 3. The molecule has 3 amide bonds. The molecule has 0 bridgehead atoms. The van der Waals surface area contributed by atoms with Crippen LogP contribution < -0.4 is 15.5 Å². The molecule has 366 valence electrons. The number of hydrogen-bond acceptors (Lipinski definition) is 18. The fraction of sp³-hybridized carbons (Fsp3) is 0.489. The van der Waals surface area contributed by atoms with E-state index in [-0.39, 0.29) is 37.5 Å². The second-order valence-electron chi connectivity index (χ2n) is 18.3. The van der Waals surface area contributed by atoms with Crippen molar-refractivity contribution in [1.82, 2.24) is 15.0 Å². The molecule has 0 aliphatic carbocycles. The average molecular weight is 965 g/mol. The SMILES string of the molecule is C[C@@H]1[C@@H]([Si](C)(C)O)[C@H](CCn2cc(C(CO)c3ccccc3)nn2)O[C@@]12C(=O)N(Cc1ccc(NC(=O)[C@H]3O[C@@H](O)[C@H](O)[C@@H](O)[C@@H]3O)cc1)c1ccc(NC(=O)[C@H]3O[C@@H](O)[C@H](O)[C@@H](O)[C@@H]3O)cc12. The summed E-state index contributed by atoms with van der Waals surface area (Å²) in [7, 11) is -3.18. The molecule has 0 saturated carbocycles. The Labute approximate surface area is 390 Å². The monoisotopic (exact) mass is 964 g/mol. The highest BCUT2D eigenvalue weighted by molar-refractivity contribution is 6.71. The van der Waals surface area contributed by atoms with Crippen molar-refractivity contribution in [2.24, 2.45) is 5.92 Å². The van der Waals surface area contributed by atoms with Crippen molar-refractivity contribution in [2.45, 2.75) is 124 Å². The third-order valence-electron chi connectivity index (χ3n) is 13.4. The minimum atomic E-state index is -3.18. The predicted octanol–water partition coefficient (Wildman–Crippen LogP) is -1.69. The maximum Gasteiger partial charge on any atom is 0.264 e. The quantitative estimate of drug-likeness (QED) is 0.0666. The van der Waals surface area contributed by atoms with Crippen molar-refractivity contribution in [1.29, 1.82) is 0 Å². The molecule has 3 aromatic carbocycles. The Bertz CT molecular complexity index is 2460. The van der Waals surface area contributed by atoms with Crippen molar-refractivity contribution in [2.75, 3.05) is 22.1 Å². The van der Waals surface area contributed by atoms with E-state index in [9.17, 15) is 60.3 Å². The standard InChI is InChI=1S/C45H56N6O16Si/c1-21-39(68(2,3)64)30(15-16-50-19-28(48-49-50)26(20-52)23-7-5-4-6-8-23)67-45(21)27-17-25(47-41(60)38-34(56)32(54)36(58)43(62)66-38)13-14-29(27)51(44(45)63)18-22-9-11-24(12-10-22)46-40(59)37-33(55)31(53)35(57)42(61)65-37/h4-14,17,19,21,26,30-39,42-43,52-58,61-62,64H,15-16,18,20H2,1-3H3,(H,46,59)(H,47,60)/t21-,26?,30+,31+,32+,33+,34+,35-,36-,37+,38+,39-,42-,43-,45+/m1/s1. The Balaban J connectivity index is 1.08. The first-order valence-corrected chi connectivity index (χ1v) is 25.2. The Morgan fingerprint density at radius 2 is 1.37 bits per heavy atom. The Hall–Kier alpha value is -5.09. The summed E-state index contributed by atoms with van der Waals surface area (Å²) < 4.78 is 18.8. The van der Waals surface area contributed by atoms with Gasteiger partial charge in [-0.1, -0.05) is 54.6 Å². The number of aromatic nitrogens is 3. The van der Waals surface area contributed by atoms with Crippen molar-refractivity contribution >= 4 is 43.1 Å². The van der Waals surface area contributed by atoms with Gasteiger partial charge in [-0.3, -0.25) is 19.1 Å². The van der Waals surface area contributed by atoms with Crippen LogP contribution in [-0.2, 0) is 47.3 Å². The number of rotatable bonds is 13. The van der Waals surface area contributed by atoms with Crippen LogP contribution in [0.5, 0.6) is 0 Å². The van der Waals surface area contributed by atoms with E-state index >= 15 is 4.79 Å². The molecule has 1 aromatic heterocycles. The average Bonchev–Trinajstić information content (AvgIpc) is 3.97. The topological polar surface area (TPSA) is 339 Å². The van der Waals surface area contributed by atoms with Crippen LogP contribution in [0.1, 0.15) is 41.6 Å². The summed E-state index contributed by atoms with van der Waals surface area (Å²) in [6.07, 6.45) is -17.3. The number of aliphatic hydroxyl groups is 9. The van der Waals surface area contributed by atoms with Crippen molar-refractivity contribution in [3.8, 4) is 0 Å². The maximum absolute atomic E-state index is 15.3. The highest BCUT2D eigenvalue weighted by Gasteiger charge is 2.66. The van der Waals surface area contributed by atoms with Gasteiger partial charge in [0.05, 0.1) is 36.6 Å². The van der Waals surface area contributed by atoms with Crippen LogP contribution in [0, 0.1) is 5.92 Å². The molecule has 23 heteroatoms. The van der Waals surface area contributed by atoms with E-state index in [1.165, 1.54) is 23.1 Å². The number of fused-ring (bicyclic) bond motifs is 2. The van der Waals surface area contributed by atoms with Gasteiger partial charge in [0.2, 0.25) is 0 Å². The van der Waals surface area contributed by atoms with Gasteiger partial charge in [0.25, 0.3) is 17.7 Å². The summed E-state index contributed by atoms with van der Waals surface area (Å²) in [5, 5.41) is 105. The Morgan fingerprint density at radius 3 is 1.94 bits per heavy atom. The van der Waals surface area contributed by atoms with Crippen LogP contribution in [0.25, 0.3) is 0 Å². The van der Waals surface area contributed by atoms with Gasteiger partial charge in [-0.05, 0) is 61.0 Å². The molecule has 4 aliphatic heterocycles. The van der Waals surface area contributed by atoms with Crippen LogP contribution in [0.15, 0.2) is 79.0 Å². The van der Waals surface area contributed by atoms with E-state index in [2.05, 4.69) is 20.9 Å². The molecular weight excluding hydrogens is 909 g/mol. The normalized spacial score (nSPS) is 33.1. The molecule has 15 atom stereocenters. The molecule has 12 N–H and O–H groups in total. The minimum absolute atomic E-state index is 0.0328. The van der Waals surface area contributed by atoms with Crippen LogP contribution in [-0.4, -0.2) is 166 Å². The fourth-order valence-electron chi connectivity index (χ4n) is 9.94. The first-order valence-electron chi connectivity index (χ1n) is 22.1. The van der Waals surface area contributed by atoms with Gasteiger partial charge in [-0.25, -0.2) is 0 Å². The number of anilines is 3. The molecule has 4 aromatic rings. The summed E-state index contributed by atoms with van der Waals surface area (Å²) in [6, 6.07) is 20.3. The molecule has 68 heavy (non-hydrogen) atoms. The molecule has 5 heterocycles. The molecule has 1 unspecified atom stereocenters. The zero-order valence-corrected chi connectivity index (χ0v) is 38.1. The number of carbonyl (C=O) groups excluding carboxylic acids is 3. The second kappa shape index (κ2) is 19.4. The molecule has 4 aliphatic rings. The molecule has 22 nitrogen and oxygen atoms in total. The molecule has 0 radical (unpaired) electrons. The number of nitrogens with one attached hydrogen (secondary N) is 2. The third kappa shape index (κ3) is 9.11. The van der Waals surface area contributed by atoms with Crippen molar-refractivity contribution in [3.63, 3.8) is 0 Å². The number of benzene rings is 3. The van der Waals surface area contributed by atoms with Gasteiger partial charge >= 0.3 is 0 Å². The van der Waals surface area contributed by atoms with Gasteiger partial charge in [-0.15, -0.1) is 5.10 Å². The summed E-state index contributed by atoms with van der Waals surface area (Å²) in [5.41, 5.74) is 0.835. The van der Waals surface area contributed by atoms with E-state index in [1.54, 1.807) is 48.2 Å². The van der Waals surface area contributed by atoms with E-state index in [1.807, 2.05) is 37.3 Å². The summed E-state index contributed by atoms with van der Waals surface area (Å²) in [5.74, 6) is -3.43. The number of hydrogen-bond donors (Lipinski definition) is 12. The first-order chi connectivity index (χ1) is 32.2. The first kappa shape index (κ1) is 49.3. The summed E-state index contributed by atoms with van der Waals surface area (Å²) in [4.78, 5) is 55.2.